The second-order valence-electron chi connectivity index (χ2n) is 12.4. The fourth-order valence-corrected chi connectivity index (χ4v) is 7.15. The standard InChI is InChI=1S/C45H27N3O/c1-3-11-28(12-4-1)43-46-44(29-13-5-2-6-14-29)48-45(47-43)34-18-8-17-32(26-34)30-15-7-16-31(25-30)33-23-24-35-36-19-9-21-39-41(36)42-37(38(35)27-33)20-10-22-40(42)49-39/h1-27H. The van der Waals surface area contributed by atoms with Crippen molar-refractivity contribution in [2.45, 2.75) is 0 Å². The van der Waals surface area contributed by atoms with Crippen LogP contribution in [-0.2, 0) is 0 Å². The summed E-state index contributed by atoms with van der Waals surface area (Å²) >= 11 is 0. The number of rotatable bonds is 5. The zero-order valence-electron chi connectivity index (χ0n) is 26.3. The molecule has 0 spiro atoms. The van der Waals surface area contributed by atoms with Gasteiger partial charge in [-0.25, -0.2) is 15.0 Å². The Bertz CT molecular complexity index is 2760. The van der Waals surface area contributed by atoms with Crippen molar-refractivity contribution >= 4 is 43.5 Å². The molecule has 49 heavy (non-hydrogen) atoms. The molecule has 0 radical (unpaired) electrons. The first kappa shape index (κ1) is 27.5. The summed E-state index contributed by atoms with van der Waals surface area (Å²) in [5.41, 5.74) is 9.27. The van der Waals surface area contributed by atoms with Crippen LogP contribution in [0.3, 0.4) is 0 Å². The molecule has 10 aromatic rings. The van der Waals surface area contributed by atoms with Crippen molar-refractivity contribution in [3.05, 3.63) is 164 Å². The van der Waals surface area contributed by atoms with Gasteiger partial charge in [0, 0.05) is 27.5 Å². The van der Waals surface area contributed by atoms with Crippen molar-refractivity contribution in [3.8, 4) is 56.4 Å². The molecule has 8 aromatic carbocycles. The molecule has 2 aromatic heterocycles. The minimum absolute atomic E-state index is 0.642. The van der Waals surface area contributed by atoms with Crippen LogP contribution in [-0.4, -0.2) is 15.0 Å². The van der Waals surface area contributed by atoms with Gasteiger partial charge in [0.25, 0.3) is 0 Å². The van der Waals surface area contributed by atoms with Gasteiger partial charge in [-0.1, -0.05) is 133 Å². The van der Waals surface area contributed by atoms with E-state index in [0.29, 0.717) is 17.5 Å². The molecule has 0 atom stereocenters. The molecule has 2 heterocycles. The predicted molar refractivity (Wildman–Crippen MR) is 200 cm³/mol. The Labute approximate surface area is 282 Å². The van der Waals surface area contributed by atoms with E-state index in [-0.39, 0.29) is 0 Å². The summed E-state index contributed by atoms with van der Waals surface area (Å²) in [6.45, 7) is 0. The van der Waals surface area contributed by atoms with Gasteiger partial charge in [-0.2, -0.15) is 0 Å². The highest BCUT2D eigenvalue weighted by molar-refractivity contribution is 6.33. The molecule has 0 aliphatic carbocycles. The Morgan fingerprint density at radius 2 is 0.714 bits per heavy atom. The largest absolute Gasteiger partial charge is 0.456 e. The van der Waals surface area contributed by atoms with E-state index in [2.05, 4.69) is 103 Å². The number of benzene rings is 8. The average molecular weight is 626 g/mol. The highest BCUT2D eigenvalue weighted by atomic mass is 16.3. The van der Waals surface area contributed by atoms with Crippen LogP contribution in [0.5, 0.6) is 0 Å². The molecule has 0 aliphatic rings. The maximum Gasteiger partial charge on any atom is 0.164 e. The van der Waals surface area contributed by atoms with Crippen LogP contribution < -0.4 is 0 Å². The van der Waals surface area contributed by atoms with Gasteiger partial charge in [-0.05, 0) is 74.1 Å². The fraction of sp³-hybridized carbons (Fsp3) is 0. The number of furan rings is 1. The molecule has 0 fully saturated rings. The lowest BCUT2D eigenvalue weighted by Crippen LogP contribution is -2.00. The third-order valence-corrected chi connectivity index (χ3v) is 9.47. The van der Waals surface area contributed by atoms with Crippen LogP contribution in [0.4, 0.5) is 0 Å². The first-order valence-corrected chi connectivity index (χ1v) is 16.4. The van der Waals surface area contributed by atoms with Crippen LogP contribution in [0.1, 0.15) is 0 Å². The van der Waals surface area contributed by atoms with Gasteiger partial charge in [-0.15, -0.1) is 0 Å². The van der Waals surface area contributed by atoms with Crippen molar-refractivity contribution in [1.82, 2.24) is 15.0 Å². The van der Waals surface area contributed by atoms with E-state index in [9.17, 15) is 0 Å². The van der Waals surface area contributed by atoms with Gasteiger partial charge in [0.05, 0.1) is 0 Å². The normalized spacial score (nSPS) is 11.7. The van der Waals surface area contributed by atoms with Gasteiger partial charge in [-0.3, -0.25) is 0 Å². The van der Waals surface area contributed by atoms with E-state index in [1.165, 1.54) is 37.9 Å². The van der Waals surface area contributed by atoms with Crippen molar-refractivity contribution in [1.29, 1.82) is 0 Å². The number of fused-ring (bicyclic) bond motifs is 3. The second-order valence-corrected chi connectivity index (χ2v) is 12.4. The monoisotopic (exact) mass is 625 g/mol. The molecule has 4 heteroatoms. The first-order valence-electron chi connectivity index (χ1n) is 16.4. The number of nitrogens with zero attached hydrogens (tertiary/aromatic N) is 3. The molecule has 0 aliphatic heterocycles. The molecule has 0 bridgehead atoms. The summed E-state index contributed by atoms with van der Waals surface area (Å²) in [5, 5.41) is 7.33. The number of hydrogen-bond acceptors (Lipinski definition) is 4. The summed E-state index contributed by atoms with van der Waals surface area (Å²) < 4.78 is 6.25. The molecule has 228 valence electrons. The van der Waals surface area contributed by atoms with Crippen LogP contribution in [0, 0.1) is 0 Å². The van der Waals surface area contributed by atoms with Crippen LogP contribution >= 0.6 is 0 Å². The Kier molecular flexibility index (Phi) is 6.15. The Balaban J connectivity index is 1.08. The summed E-state index contributed by atoms with van der Waals surface area (Å²) in [6, 6.07) is 56.9. The molecule has 0 unspecified atom stereocenters. The molecule has 4 nitrogen and oxygen atoms in total. The van der Waals surface area contributed by atoms with E-state index in [0.717, 1.165) is 44.5 Å². The zero-order chi connectivity index (χ0) is 32.3. The van der Waals surface area contributed by atoms with E-state index < -0.39 is 0 Å². The van der Waals surface area contributed by atoms with Gasteiger partial charge in [0.2, 0.25) is 0 Å². The molecule has 0 saturated heterocycles. The van der Waals surface area contributed by atoms with Gasteiger partial charge in [0.15, 0.2) is 17.5 Å². The van der Waals surface area contributed by atoms with E-state index in [1.54, 1.807) is 0 Å². The van der Waals surface area contributed by atoms with Crippen LogP contribution in [0.15, 0.2) is 168 Å². The highest BCUT2D eigenvalue weighted by Gasteiger charge is 2.17. The molecular weight excluding hydrogens is 599 g/mol. The van der Waals surface area contributed by atoms with E-state index in [4.69, 9.17) is 19.4 Å². The number of aromatic nitrogens is 3. The first-order chi connectivity index (χ1) is 24.3. The van der Waals surface area contributed by atoms with Crippen LogP contribution in [0.2, 0.25) is 0 Å². The van der Waals surface area contributed by atoms with Crippen LogP contribution in [0.25, 0.3) is 99.9 Å². The molecule has 0 saturated carbocycles. The van der Waals surface area contributed by atoms with E-state index >= 15 is 0 Å². The Morgan fingerprint density at radius 3 is 1.29 bits per heavy atom. The third kappa shape index (κ3) is 4.57. The third-order valence-electron chi connectivity index (χ3n) is 9.47. The van der Waals surface area contributed by atoms with Gasteiger partial charge in [0.1, 0.15) is 11.2 Å². The smallest absolute Gasteiger partial charge is 0.164 e. The quantitative estimate of drug-likeness (QED) is 0.179. The Morgan fingerprint density at radius 1 is 0.286 bits per heavy atom. The van der Waals surface area contributed by atoms with E-state index in [1.807, 2.05) is 60.7 Å². The van der Waals surface area contributed by atoms with Crippen molar-refractivity contribution in [3.63, 3.8) is 0 Å². The lowest BCUT2D eigenvalue weighted by molar-refractivity contribution is 0.669. The maximum absolute atomic E-state index is 6.25. The predicted octanol–water partition coefficient (Wildman–Crippen LogP) is 11.9. The maximum atomic E-state index is 6.25. The molecular formula is C45H27N3O. The summed E-state index contributed by atoms with van der Waals surface area (Å²) in [5.74, 6) is 1.95. The van der Waals surface area contributed by atoms with Crippen molar-refractivity contribution in [2.24, 2.45) is 0 Å². The van der Waals surface area contributed by atoms with Crippen molar-refractivity contribution < 1.29 is 4.42 Å². The zero-order valence-corrected chi connectivity index (χ0v) is 26.3. The summed E-state index contributed by atoms with van der Waals surface area (Å²) in [6.07, 6.45) is 0. The molecule has 10 rings (SSSR count). The molecule has 0 amide bonds. The summed E-state index contributed by atoms with van der Waals surface area (Å²) in [4.78, 5) is 14.8. The SMILES string of the molecule is c1ccc(-c2nc(-c3ccccc3)nc(-c3cccc(-c4cccc(-c5ccc6c(c5)c5cccc7oc8cccc6c8c75)c4)c3)n2)cc1. The summed E-state index contributed by atoms with van der Waals surface area (Å²) in [7, 11) is 0. The fourth-order valence-electron chi connectivity index (χ4n) is 7.15. The lowest BCUT2D eigenvalue weighted by atomic mass is 9.91. The minimum atomic E-state index is 0.642. The van der Waals surface area contributed by atoms with Gasteiger partial charge >= 0.3 is 0 Å². The van der Waals surface area contributed by atoms with Gasteiger partial charge < -0.3 is 4.42 Å². The molecule has 0 N–H and O–H groups in total. The topological polar surface area (TPSA) is 51.8 Å². The Hall–Kier alpha value is -6.65. The average Bonchev–Trinajstić information content (AvgIpc) is 3.58. The van der Waals surface area contributed by atoms with Crippen molar-refractivity contribution in [2.75, 3.05) is 0 Å². The number of hydrogen-bond donors (Lipinski definition) is 0. The lowest BCUT2D eigenvalue weighted by Gasteiger charge is -2.12. The minimum Gasteiger partial charge on any atom is -0.456 e. The second kappa shape index (κ2) is 11.0. The highest BCUT2D eigenvalue weighted by Crippen LogP contribution is 2.43.